The maximum atomic E-state index is 15.6. The van der Waals surface area contributed by atoms with E-state index in [9.17, 15) is 18.9 Å². The van der Waals surface area contributed by atoms with Crippen molar-refractivity contribution in [3.63, 3.8) is 0 Å². The summed E-state index contributed by atoms with van der Waals surface area (Å²) in [6, 6.07) is 13.1. The van der Waals surface area contributed by atoms with Gasteiger partial charge in [0, 0.05) is 36.1 Å². The van der Waals surface area contributed by atoms with Crippen LogP contribution < -0.4 is 20.9 Å². The van der Waals surface area contributed by atoms with Crippen molar-refractivity contribution in [3.05, 3.63) is 75.6 Å². The van der Waals surface area contributed by atoms with Crippen LogP contribution in [0, 0.1) is 0 Å². The highest BCUT2D eigenvalue weighted by molar-refractivity contribution is 7.52. The summed E-state index contributed by atoms with van der Waals surface area (Å²) in [5, 5.41) is 4.25. The number of aryl methyl sites for hydroxylation is 1. The van der Waals surface area contributed by atoms with Gasteiger partial charge in [0.1, 0.15) is 11.8 Å². The Hall–Kier alpha value is -3.77. The fourth-order valence-electron chi connectivity index (χ4n) is 5.49. The molecular weight excluding hydrogens is 594 g/mol. The molecule has 14 heteroatoms. The van der Waals surface area contributed by atoms with Crippen molar-refractivity contribution in [1.29, 1.82) is 0 Å². The number of H-pyrrole nitrogens is 1. The molecule has 5 unspecified atom stereocenters. The lowest BCUT2D eigenvalue weighted by atomic mass is 10.0. The number of carbonyl (C=O) groups excluding carboxylic acids is 1. The van der Waals surface area contributed by atoms with E-state index in [1.54, 1.807) is 26.0 Å². The quantitative estimate of drug-likeness (QED) is 0.176. The second kappa shape index (κ2) is 12.3. The number of benzene rings is 2. The number of halogens is 1. The van der Waals surface area contributed by atoms with Gasteiger partial charge in [-0.2, -0.15) is 5.09 Å². The van der Waals surface area contributed by atoms with Gasteiger partial charge in [-0.15, -0.1) is 0 Å². The zero-order valence-electron chi connectivity index (χ0n) is 25.1. The van der Waals surface area contributed by atoms with Gasteiger partial charge in [-0.25, -0.2) is 13.8 Å². The van der Waals surface area contributed by atoms with Gasteiger partial charge in [0.15, 0.2) is 11.9 Å². The molecule has 0 amide bonds. The number of aromatic amines is 1. The van der Waals surface area contributed by atoms with Gasteiger partial charge in [0.05, 0.1) is 29.7 Å². The van der Waals surface area contributed by atoms with Crippen molar-refractivity contribution in [2.75, 3.05) is 6.61 Å². The van der Waals surface area contributed by atoms with Crippen LogP contribution in [0.3, 0.4) is 0 Å². The second-order valence-electron chi connectivity index (χ2n) is 11.2. The van der Waals surface area contributed by atoms with Crippen LogP contribution in [0.1, 0.15) is 47.3 Å². The van der Waals surface area contributed by atoms with Crippen LogP contribution in [-0.4, -0.2) is 50.6 Å². The molecule has 12 nitrogen and oxygen atoms in total. The van der Waals surface area contributed by atoms with Crippen LogP contribution in [-0.2, 0) is 29.9 Å². The van der Waals surface area contributed by atoms with E-state index in [0.29, 0.717) is 11.9 Å². The van der Waals surface area contributed by atoms with Crippen LogP contribution in [0.2, 0.25) is 0 Å². The predicted molar refractivity (Wildman–Crippen MR) is 162 cm³/mol. The van der Waals surface area contributed by atoms with E-state index in [0.717, 1.165) is 33.2 Å². The zero-order valence-corrected chi connectivity index (χ0v) is 26.0. The number of esters is 1. The summed E-state index contributed by atoms with van der Waals surface area (Å²) in [5.41, 5.74) is -1.68. The molecule has 0 bridgehead atoms. The van der Waals surface area contributed by atoms with E-state index in [-0.39, 0.29) is 12.2 Å². The first-order chi connectivity index (χ1) is 20.8. The number of para-hydroxylation sites is 1. The molecule has 0 spiro atoms. The minimum atomic E-state index is -4.36. The summed E-state index contributed by atoms with van der Waals surface area (Å²) >= 11 is 0. The topological polar surface area (TPSA) is 143 Å². The predicted octanol–water partition coefficient (Wildman–Crippen LogP) is 4.81. The first-order valence-corrected chi connectivity index (χ1v) is 15.9. The van der Waals surface area contributed by atoms with Gasteiger partial charge in [-0.05, 0) is 52.8 Å². The molecule has 0 radical (unpaired) electrons. The third-order valence-corrected chi connectivity index (χ3v) is 8.98. The third-order valence-electron chi connectivity index (χ3n) is 7.35. The lowest BCUT2D eigenvalue weighted by molar-refractivity contribution is -0.149. The van der Waals surface area contributed by atoms with E-state index >= 15 is 4.39 Å². The second-order valence-corrected chi connectivity index (χ2v) is 12.9. The number of nitrogens with zero attached hydrogens (tertiary/aromatic N) is 2. The molecule has 44 heavy (non-hydrogen) atoms. The molecular formula is C30H36FN4O8P. The summed E-state index contributed by atoms with van der Waals surface area (Å²) in [6.45, 7) is 8.41. The number of alkyl halides is 1. The van der Waals surface area contributed by atoms with Crippen molar-refractivity contribution >= 4 is 35.5 Å². The number of fused-ring (bicyclic) bond motifs is 3. The lowest BCUT2D eigenvalue weighted by Gasteiger charge is -2.25. The summed E-state index contributed by atoms with van der Waals surface area (Å²) < 4.78 is 56.1. The first kappa shape index (κ1) is 31.6. The Balaban J connectivity index is 1.45. The van der Waals surface area contributed by atoms with Crippen molar-refractivity contribution in [3.8, 4) is 5.75 Å². The molecule has 2 N–H and O–H groups in total. The molecule has 1 fully saturated rings. The van der Waals surface area contributed by atoms with Crippen molar-refractivity contribution < 1.29 is 32.3 Å². The Morgan fingerprint density at radius 1 is 1.16 bits per heavy atom. The maximum Gasteiger partial charge on any atom is 0.459 e. The Bertz CT molecular complexity index is 1850. The number of rotatable bonds is 11. The van der Waals surface area contributed by atoms with E-state index in [1.165, 1.54) is 13.8 Å². The Kier molecular flexibility index (Phi) is 8.86. The fraction of sp³-hybridized carbons (Fsp3) is 0.433. The summed E-state index contributed by atoms with van der Waals surface area (Å²) in [5.74, 6) is -0.411. The van der Waals surface area contributed by atoms with E-state index in [1.807, 2.05) is 37.3 Å². The molecule has 1 aliphatic heterocycles. The summed E-state index contributed by atoms with van der Waals surface area (Å²) in [7, 11) is -4.36. The average molecular weight is 631 g/mol. The molecule has 0 aliphatic carbocycles. The summed E-state index contributed by atoms with van der Waals surface area (Å²) in [6.07, 6.45) is -1.80. The van der Waals surface area contributed by atoms with Crippen molar-refractivity contribution in [2.45, 2.75) is 77.7 Å². The largest absolute Gasteiger partial charge is 0.462 e. The van der Waals surface area contributed by atoms with E-state index < -0.39 is 61.7 Å². The van der Waals surface area contributed by atoms with Gasteiger partial charge < -0.3 is 18.6 Å². The van der Waals surface area contributed by atoms with Gasteiger partial charge in [0.2, 0.25) is 0 Å². The molecule has 3 heterocycles. The minimum absolute atomic E-state index is 0.215. The molecule has 2 aromatic heterocycles. The number of carbonyl (C=O) groups is 1. The standard InChI is InChI=1S/C30H36FN4O8P/c1-6-34-22-11-8-7-10-21(22)26-23(34)12-9-13-24(26)43-44(39,33-19(4)27(37)41-18(2)3)40-17-20-16-30(5,31)28(42-20)35-15-14-25(36)32-29(35)38/h7-15,18-20,28H,6,16-17H2,1-5H3,(H,33,39)(H,32,36,38). The van der Waals surface area contributed by atoms with Gasteiger partial charge >= 0.3 is 19.4 Å². The minimum Gasteiger partial charge on any atom is -0.462 e. The normalized spacial score (nSPS) is 22.3. The Morgan fingerprint density at radius 3 is 2.59 bits per heavy atom. The Labute approximate surface area is 252 Å². The van der Waals surface area contributed by atoms with Gasteiger partial charge in [0.25, 0.3) is 5.56 Å². The molecule has 5 rings (SSSR count). The highest BCUT2D eigenvalue weighted by atomic mass is 31.2. The number of ether oxygens (including phenoxy) is 2. The first-order valence-electron chi connectivity index (χ1n) is 14.4. The number of hydrogen-bond acceptors (Lipinski definition) is 8. The van der Waals surface area contributed by atoms with Crippen LogP contribution in [0.4, 0.5) is 4.39 Å². The van der Waals surface area contributed by atoms with Crippen molar-refractivity contribution in [2.24, 2.45) is 0 Å². The monoisotopic (exact) mass is 630 g/mol. The molecule has 4 aromatic rings. The van der Waals surface area contributed by atoms with Gasteiger partial charge in [-0.3, -0.25) is 23.7 Å². The third kappa shape index (κ3) is 6.37. The number of nitrogens with one attached hydrogen (secondary N) is 2. The highest BCUT2D eigenvalue weighted by Gasteiger charge is 2.48. The molecule has 0 saturated carbocycles. The zero-order chi connectivity index (χ0) is 31.8. The van der Waals surface area contributed by atoms with Crippen LogP contribution in [0.15, 0.2) is 64.3 Å². The average Bonchev–Trinajstić information content (AvgIpc) is 3.45. The number of aromatic nitrogens is 3. The Morgan fingerprint density at radius 2 is 1.89 bits per heavy atom. The summed E-state index contributed by atoms with van der Waals surface area (Å²) in [4.78, 5) is 38.6. The van der Waals surface area contributed by atoms with E-state index in [2.05, 4.69) is 14.6 Å². The molecule has 1 aliphatic rings. The van der Waals surface area contributed by atoms with Gasteiger partial charge in [-0.1, -0.05) is 24.3 Å². The SMILES string of the molecule is CCn1c2ccccc2c2c(OP(=O)(NC(C)C(=O)OC(C)C)OCC3CC(C)(F)C(n4ccc(=O)[nH]c4=O)O3)cccc21. The smallest absolute Gasteiger partial charge is 0.459 e. The lowest BCUT2D eigenvalue weighted by Crippen LogP contribution is -2.38. The molecule has 2 aromatic carbocycles. The van der Waals surface area contributed by atoms with Crippen molar-refractivity contribution in [1.82, 2.24) is 19.2 Å². The fourth-order valence-corrected chi connectivity index (χ4v) is 7.02. The number of hydrogen-bond donors (Lipinski definition) is 2. The molecule has 236 valence electrons. The molecule has 5 atom stereocenters. The maximum absolute atomic E-state index is 15.6. The van der Waals surface area contributed by atoms with Crippen LogP contribution >= 0.6 is 7.75 Å². The van der Waals surface area contributed by atoms with Crippen LogP contribution in [0.25, 0.3) is 21.8 Å². The van der Waals surface area contributed by atoms with Crippen LogP contribution in [0.5, 0.6) is 5.75 Å². The van der Waals surface area contributed by atoms with E-state index in [4.69, 9.17) is 18.5 Å². The highest BCUT2D eigenvalue weighted by Crippen LogP contribution is 2.50. The molecule has 1 saturated heterocycles.